The fraction of sp³-hybridized carbons (Fsp3) is 0.222. The van der Waals surface area contributed by atoms with Crippen LogP contribution in [0.25, 0.3) is 0 Å². The third-order valence-electron chi connectivity index (χ3n) is 2.18. The van der Waals surface area contributed by atoms with Crippen LogP contribution < -0.4 is 5.11 Å². The van der Waals surface area contributed by atoms with E-state index in [2.05, 4.69) is 0 Å². The fourth-order valence-corrected chi connectivity index (χ4v) is 1.52. The van der Waals surface area contributed by atoms with E-state index in [0.29, 0.717) is 0 Å². The number of halogens is 1. The molecule has 0 atom stereocenters. The second-order valence-electron chi connectivity index (χ2n) is 3.03. The van der Waals surface area contributed by atoms with Crippen LogP contribution in [0.2, 0.25) is 5.02 Å². The van der Waals surface area contributed by atoms with Gasteiger partial charge in [-0.15, -0.1) is 0 Å². The molecule has 0 radical (unpaired) electrons. The van der Waals surface area contributed by atoms with E-state index in [1.54, 1.807) is 0 Å². The normalized spacial score (nSPS) is 10.1. The highest BCUT2D eigenvalue weighted by atomic mass is 35.5. The Morgan fingerprint density at radius 2 is 1.87 bits per heavy atom. The number of nitro benzene ring substituents is 1. The number of nitrogens with zero attached hydrogens (tertiary/aromatic N) is 1. The molecule has 1 aromatic rings. The number of benzene rings is 1. The molecule has 0 N–H and O–H groups in total. The summed E-state index contributed by atoms with van der Waals surface area (Å²) in [6.45, 7) is 2.85. The van der Waals surface area contributed by atoms with Gasteiger partial charge in [0.2, 0.25) is 0 Å². The van der Waals surface area contributed by atoms with Crippen LogP contribution in [-0.2, 0) is 0 Å². The molecule has 0 aromatic heterocycles. The van der Waals surface area contributed by atoms with Gasteiger partial charge in [0.15, 0.2) is 0 Å². The molecule has 0 saturated heterocycles. The zero-order valence-electron chi connectivity index (χ0n) is 8.04. The fourth-order valence-electron chi connectivity index (χ4n) is 1.33. The first-order valence-corrected chi connectivity index (χ1v) is 4.38. The van der Waals surface area contributed by atoms with Crippen LogP contribution in [0.4, 0.5) is 5.69 Å². The first kappa shape index (κ1) is 11.5. The average molecular weight is 229 g/mol. The quantitative estimate of drug-likeness (QED) is 0.439. The summed E-state index contributed by atoms with van der Waals surface area (Å²) < 4.78 is 0. The summed E-state index contributed by atoms with van der Waals surface area (Å²) >= 11 is 5.78. The predicted molar refractivity (Wildman–Crippen MR) is 52.4 cm³/mol. The van der Waals surface area contributed by atoms with Crippen molar-refractivity contribution in [3.8, 4) is 5.75 Å². The van der Waals surface area contributed by atoms with E-state index >= 15 is 0 Å². The number of nitro groups is 1. The molecule has 0 unspecified atom stereocenters. The van der Waals surface area contributed by atoms with Gasteiger partial charge in [0.25, 0.3) is 5.69 Å². The van der Waals surface area contributed by atoms with Gasteiger partial charge in [-0.1, -0.05) is 11.6 Å². The monoisotopic (exact) mass is 228 g/mol. The van der Waals surface area contributed by atoms with Crippen molar-refractivity contribution >= 4 is 23.6 Å². The number of hydrogen-bond acceptors (Lipinski definition) is 4. The molecule has 6 heteroatoms. The van der Waals surface area contributed by atoms with E-state index in [-0.39, 0.29) is 28.0 Å². The smallest absolute Gasteiger partial charge is 0.266 e. The minimum Gasteiger partial charge on any atom is -0.867 e. The molecule has 0 amide bonds. The zero-order chi connectivity index (χ0) is 11.7. The molecule has 0 fully saturated rings. The highest BCUT2D eigenvalue weighted by Crippen LogP contribution is 2.38. The molecule has 5 nitrogen and oxygen atoms in total. The van der Waals surface area contributed by atoms with E-state index in [4.69, 9.17) is 11.6 Å². The summed E-state index contributed by atoms with van der Waals surface area (Å²) in [6.07, 6.45) is 0.288. The highest BCUT2D eigenvalue weighted by molar-refractivity contribution is 6.33. The summed E-state index contributed by atoms with van der Waals surface area (Å²) in [4.78, 5) is 20.4. The Hall–Kier alpha value is -1.62. The van der Waals surface area contributed by atoms with Gasteiger partial charge >= 0.3 is 0 Å². The first-order valence-electron chi connectivity index (χ1n) is 4.01. The molecule has 0 aliphatic rings. The minimum absolute atomic E-state index is 0.0865. The van der Waals surface area contributed by atoms with E-state index in [1.807, 2.05) is 0 Å². The number of aldehydes is 1. The van der Waals surface area contributed by atoms with Crippen LogP contribution in [0.1, 0.15) is 21.5 Å². The van der Waals surface area contributed by atoms with Gasteiger partial charge in [-0.2, -0.15) is 0 Å². The molecule has 0 heterocycles. The maximum atomic E-state index is 11.5. The van der Waals surface area contributed by atoms with Crippen LogP contribution in [-0.4, -0.2) is 11.2 Å². The van der Waals surface area contributed by atoms with E-state index < -0.39 is 16.4 Å². The minimum atomic E-state index is -0.880. The van der Waals surface area contributed by atoms with Gasteiger partial charge in [-0.05, 0) is 25.2 Å². The predicted octanol–water partition coefficient (Wildman–Crippen LogP) is 1.75. The van der Waals surface area contributed by atoms with Crippen molar-refractivity contribution in [2.75, 3.05) is 0 Å². The van der Waals surface area contributed by atoms with Crippen LogP contribution in [0.3, 0.4) is 0 Å². The topological polar surface area (TPSA) is 83.3 Å². The van der Waals surface area contributed by atoms with Gasteiger partial charge < -0.3 is 5.11 Å². The second kappa shape index (κ2) is 3.86. The zero-order valence-corrected chi connectivity index (χ0v) is 8.79. The Kier molecular flexibility index (Phi) is 2.95. The third kappa shape index (κ3) is 1.66. The van der Waals surface area contributed by atoms with E-state index in [9.17, 15) is 20.0 Å². The van der Waals surface area contributed by atoms with Crippen molar-refractivity contribution in [3.63, 3.8) is 0 Å². The van der Waals surface area contributed by atoms with Crippen molar-refractivity contribution in [2.45, 2.75) is 13.8 Å². The third-order valence-corrected chi connectivity index (χ3v) is 2.74. The molecular formula is C9H7ClNO4-. The molecule has 1 aromatic carbocycles. The molecule has 0 aliphatic heterocycles. The Balaban J connectivity index is 3.75. The lowest BCUT2D eigenvalue weighted by Gasteiger charge is -2.15. The average Bonchev–Trinajstić information content (AvgIpc) is 2.15. The summed E-state index contributed by atoms with van der Waals surface area (Å²) in [7, 11) is 0. The molecular weight excluding hydrogens is 222 g/mol. The van der Waals surface area contributed by atoms with Gasteiger partial charge in [-0.3, -0.25) is 14.9 Å². The largest absolute Gasteiger partial charge is 0.867 e. The van der Waals surface area contributed by atoms with Gasteiger partial charge in [-0.25, -0.2) is 0 Å². The second-order valence-corrected chi connectivity index (χ2v) is 3.41. The Morgan fingerprint density at radius 1 is 1.33 bits per heavy atom. The van der Waals surface area contributed by atoms with Gasteiger partial charge in [0, 0.05) is 11.1 Å². The van der Waals surface area contributed by atoms with Crippen LogP contribution in [0, 0.1) is 24.0 Å². The maximum absolute atomic E-state index is 11.5. The summed E-state index contributed by atoms with van der Waals surface area (Å²) in [5, 5.41) is 22.2. The number of carbonyl (C=O) groups excluding carboxylic acids is 1. The lowest BCUT2D eigenvalue weighted by atomic mass is 10.0. The molecule has 15 heavy (non-hydrogen) atoms. The molecule has 0 spiro atoms. The maximum Gasteiger partial charge on any atom is 0.266 e. The van der Waals surface area contributed by atoms with E-state index in [1.165, 1.54) is 13.8 Å². The highest BCUT2D eigenvalue weighted by Gasteiger charge is 2.20. The Morgan fingerprint density at radius 3 is 2.27 bits per heavy atom. The molecule has 0 saturated carbocycles. The number of hydrogen-bond donors (Lipinski definition) is 0. The molecule has 80 valence electrons. The van der Waals surface area contributed by atoms with Crippen LogP contribution in [0.15, 0.2) is 0 Å². The van der Waals surface area contributed by atoms with Gasteiger partial charge in [0.05, 0.1) is 9.95 Å². The number of rotatable bonds is 2. The van der Waals surface area contributed by atoms with E-state index in [0.717, 1.165) is 0 Å². The summed E-state index contributed by atoms with van der Waals surface area (Å²) in [5.41, 5.74) is -0.514. The van der Waals surface area contributed by atoms with Crippen molar-refractivity contribution < 1.29 is 14.8 Å². The number of carbonyl (C=O) groups is 1. The van der Waals surface area contributed by atoms with Crippen molar-refractivity contribution in [2.24, 2.45) is 0 Å². The Bertz CT molecular complexity index is 456. The van der Waals surface area contributed by atoms with Crippen molar-refractivity contribution in [3.05, 3.63) is 31.8 Å². The van der Waals surface area contributed by atoms with Crippen molar-refractivity contribution in [1.82, 2.24) is 0 Å². The molecule has 0 aliphatic carbocycles. The first-order chi connectivity index (χ1) is 6.91. The Labute approximate surface area is 90.4 Å². The molecule has 1 rings (SSSR count). The van der Waals surface area contributed by atoms with Crippen LogP contribution >= 0.6 is 11.6 Å². The standard InChI is InChI=1S/C9H8ClNO4/c1-4-6(3-12)9(13)8(11(14)15)5(2)7(4)10/h3,13H,1-2H3/p-1. The SMILES string of the molecule is Cc1c(Cl)c(C)c([N+](=O)[O-])c([O-])c1C=O. The lowest BCUT2D eigenvalue weighted by Crippen LogP contribution is -2.06. The van der Waals surface area contributed by atoms with Crippen molar-refractivity contribution in [1.29, 1.82) is 0 Å². The molecule has 0 bridgehead atoms. The summed E-state index contributed by atoms with van der Waals surface area (Å²) in [6, 6.07) is 0. The lowest BCUT2D eigenvalue weighted by molar-refractivity contribution is -0.398. The van der Waals surface area contributed by atoms with Crippen LogP contribution in [0.5, 0.6) is 5.75 Å². The summed E-state index contributed by atoms with van der Waals surface area (Å²) in [5.74, 6) is -0.880. The van der Waals surface area contributed by atoms with Gasteiger partial charge in [0.1, 0.15) is 6.29 Å².